The first-order valence-corrected chi connectivity index (χ1v) is 9.94. The monoisotopic (exact) mass is 451 g/mol. The molecular formula is C22H22F3N2O5+. The minimum atomic E-state index is -4.77. The van der Waals surface area contributed by atoms with Crippen LogP contribution in [0.4, 0.5) is 23.7 Å². The molecule has 2 aromatic carbocycles. The zero-order valence-electron chi connectivity index (χ0n) is 16.9. The average Bonchev–Trinajstić information content (AvgIpc) is 2.74. The lowest BCUT2D eigenvalue weighted by Gasteiger charge is -2.26. The fraction of sp³-hybridized carbons (Fsp3) is 0.318. The number of amides is 2. The van der Waals surface area contributed by atoms with Gasteiger partial charge in [0, 0.05) is 5.92 Å². The third kappa shape index (κ3) is 7.29. The number of ether oxygens (including phenoxy) is 2. The van der Waals surface area contributed by atoms with Gasteiger partial charge < -0.3 is 14.6 Å². The van der Waals surface area contributed by atoms with Crippen LogP contribution >= 0.6 is 0 Å². The first-order chi connectivity index (χ1) is 15.2. The molecule has 1 fully saturated rings. The van der Waals surface area contributed by atoms with Crippen molar-refractivity contribution in [2.45, 2.75) is 38.1 Å². The summed E-state index contributed by atoms with van der Waals surface area (Å²) in [5.74, 6) is -0.576. The predicted molar refractivity (Wildman–Crippen MR) is 109 cm³/mol. The number of nitrogens with one attached hydrogen (secondary N) is 2. The van der Waals surface area contributed by atoms with E-state index in [-0.39, 0.29) is 23.3 Å². The van der Waals surface area contributed by atoms with Gasteiger partial charge in [-0.2, -0.15) is 4.79 Å². The summed E-state index contributed by atoms with van der Waals surface area (Å²) in [5, 5.41) is 11.5. The Morgan fingerprint density at radius 1 is 0.969 bits per heavy atom. The highest BCUT2D eigenvalue weighted by Gasteiger charge is 2.31. The summed E-state index contributed by atoms with van der Waals surface area (Å²) in [5.41, 5.74) is 0.530. The van der Waals surface area contributed by atoms with E-state index < -0.39 is 18.4 Å². The summed E-state index contributed by atoms with van der Waals surface area (Å²) >= 11 is 0. The Morgan fingerprint density at radius 2 is 1.56 bits per heavy atom. The molecule has 0 aromatic heterocycles. The number of anilines is 1. The summed E-state index contributed by atoms with van der Waals surface area (Å²) in [6.07, 6.45) is 0.132. The summed E-state index contributed by atoms with van der Waals surface area (Å²) in [6.45, 7) is 0. The van der Waals surface area contributed by atoms with Gasteiger partial charge in [-0.05, 0) is 74.2 Å². The molecule has 7 nitrogen and oxygen atoms in total. The van der Waals surface area contributed by atoms with Crippen LogP contribution in [0.1, 0.15) is 36.0 Å². The van der Waals surface area contributed by atoms with Crippen LogP contribution in [0.15, 0.2) is 48.5 Å². The van der Waals surface area contributed by atoms with Crippen LogP contribution in [-0.2, 0) is 0 Å². The number of carboxylic acids is 1. The molecule has 0 saturated heterocycles. The smallest absolute Gasteiger partial charge is 0.490 e. The maximum atomic E-state index is 12.2. The molecule has 0 aliphatic heterocycles. The number of alkyl halides is 3. The first kappa shape index (κ1) is 23.1. The predicted octanol–water partition coefficient (Wildman–Crippen LogP) is 3.60. The van der Waals surface area contributed by atoms with Crippen molar-refractivity contribution in [2.75, 3.05) is 5.32 Å². The molecule has 10 heteroatoms. The quantitative estimate of drug-likeness (QED) is 0.583. The lowest BCUT2D eigenvalue weighted by Crippen LogP contribution is -2.76. The lowest BCUT2D eigenvalue weighted by atomic mass is 9.88. The number of aromatic carboxylic acids is 1. The number of hydrogen-bond donors (Lipinski definition) is 3. The second-order valence-electron chi connectivity index (χ2n) is 7.32. The fourth-order valence-corrected chi connectivity index (χ4v) is 3.34. The highest BCUT2D eigenvalue weighted by Crippen LogP contribution is 2.27. The van der Waals surface area contributed by atoms with Gasteiger partial charge in [-0.15, -0.1) is 13.2 Å². The third-order valence-electron chi connectivity index (χ3n) is 4.92. The largest absolute Gasteiger partial charge is 0.573 e. The van der Waals surface area contributed by atoms with Gasteiger partial charge in [-0.1, -0.05) is 0 Å². The zero-order valence-corrected chi connectivity index (χ0v) is 16.9. The van der Waals surface area contributed by atoms with Gasteiger partial charge in [-0.3, -0.25) is 0 Å². The van der Waals surface area contributed by atoms with Gasteiger partial charge in [-0.25, -0.2) is 15.1 Å². The first-order valence-electron chi connectivity index (χ1n) is 9.94. The van der Waals surface area contributed by atoms with E-state index in [1.807, 2.05) is 0 Å². The van der Waals surface area contributed by atoms with Crippen molar-refractivity contribution in [1.29, 1.82) is 0 Å². The van der Waals surface area contributed by atoms with Crippen LogP contribution in [0.3, 0.4) is 0 Å². The van der Waals surface area contributed by atoms with E-state index in [0.717, 1.165) is 37.8 Å². The summed E-state index contributed by atoms with van der Waals surface area (Å²) in [7, 11) is 0. The molecule has 0 bridgehead atoms. The van der Waals surface area contributed by atoms with E-state index in [2.05, 4.69) is 15.0 Å². The second-order valence-corrected chi connectivity index (χ2v) is 7.32. The SMILES string of the molecule is O=C(Nc1ccc(OC(F)(F)F)cc1)/[NH+]=C/C1CCC(Oc2ccc(C(=O)O)cc2)CC1. The van der Waals surface area contributed by atoms with Crippen LogP contribution in [0.25, 0.3) is 0 Å². The molecule has 32 heavy (non-hydrogen) atoms. The number of carbonyl (C=O) groups excluding carboxylic acids is 1. The number of benzene rings is 2. The van der Waals surface area contributed by atoms with Crippen molar-refractivity contribution in [3.63, 3.8) is 0 Å². The van der Waals surface area contributed by atoms with Crippen molar-refractivity contribution in [2.24, 2.45) is 5.92 Å². The van der Waals surface area contributed by atoms with Crippen LogP contribution in [0.2, 0.25) is 0 Å². The van der Waals surface area contributed by atoms with E-state index in [1.165, 1.54) is 24.3 Å². The Balaban J connectivity index is 1.41. The summed E-state index contributed by atoms with van der Waals surface area (Å²) in [6, 6.07) is 10.6. The summed E-state index contributed by atoms with van der Waals surface area (Å²) < 4.78 is 46.2. The van der Waals surface area contributed by atoms with E-state index in [0.29, 0.717) is 11.4 Å². The molecule has 0 spiro atoms. The van der Waals surface area contributed by atoms with Gasteiger partial charge in [0.2, 0.25) is 0 Å². The molecule has 0 atom stereocenters. The number of urea groups is 1. The third-order valence-corrected chi connectivity index (χ3v) is 4.92. The molecule has 3 N–H and O–H groups in total. The maximum Gasteiger partial charge on any atom is 0.573 e. The minimum Gasteiger partial charge on any atom is -0.490 e. The standard InChI is InChI=1S/C22H21F3N2O5/c23-22(24,25)32-19-11-5-16(6-12-19)27-21(30)26-13-14-1-7-17(8-2-14)31-18-9-3-15(4-10-18)20(28)29/h3-6,9-14,17H,1-2,7-8H2,(H,27,30)(H,28,29)/p+1/b26-13+. The summed E-state index contributed by atoms with van der Waals surface area (Å²) in [4.78, 5) is 25.6. The molecule has 1 saturated carbocycles. The molecule has 0 heterocycles. The van der Waals surface area contributed by atoms with E-state index >= 15 is 0 Å². The molecule has 1 aliphatic rings. The molecule has 170 valence electrons. The van der Waals surface area contributed by atoms with Crippen LogP contribution in [0.5, 0.6) is 11.5 Å². The number of hydrogen-bond acceptors (Lipinski definition) is 4. The fourth-order valence-electron chi connectivity index (χ4n) is 3.34. The Bertz CT molecular complexity index is 951. The molecule has 0 radical (unpaired) electrons. The Labute approximate surface area is 181 Å². The molecular weight excluding hydrogens is 429 g/mol. The average molecular weight is 451 g/mol. The van der Waals surface area contributed by atoms with Gasteiger partial charge in [0.05, 0.1) is 17.9 Å². The Kier molecular flexibility index (Phi) is 7.34. The van der Waals surface area contributed by atoms with Crippen molar-refractivity contribution in [3.8, 4) is 11.5 Å². The van der Waals surface area contributed by atoms with Crippen molar-refractivity contribution in [3.05, 3.63) is 54.1 Å². The van der Waals surface area contributed by atoms with E-state index in [4.69, 9.17) is 9.84 Å². The van der Waals surface area contributed by atoms with Gasteiger partial charge in [0.25, 0.3) is 0 Å². The van der Waals surface area contributed by atoms with Crippen molar-refractivity contribution < 1.29 is 42.3 Å². The van der Waals surface area contributed by atoms with Crippen molar-refractivity contribution in [1.82, 2.24) is 0 Å². The van der Waals surface area contributed by atoms with E-state index in [1.54, 1.807) is 18.3 Å². The highest BCUT2D eigenvalue weighted by atomic mass is 19.4. The normalized spacial score (nSPS) is 18.8. The van der Waals surface area contributed by atoms with Crippen LogP contribution < -0.4 is 19.8 Å². The van der Waals surface area contributed by atoms with Gasteiger partial charge in [0.1, 0.15) is 17.2 Å². The molecule has 2 aromatic rings. The molecule has 3 rings (SSSR count). The van der Waals surface area contributed by atoms with Crippen LogP contribution in [-0.4, -0.2) is 35.8 Å². The topological polar surface area (TPSA) is 98.8 Å². The number of rotatable bonds is 6. The van der Waals surface area contributed by atoms with Gasteiger partial charge in [0.15, 0.2) is 0 Å². The van der Waals surface area contributed by atoms with E-state index in [9.17, 15) is 22.8 Å². The lowest BCUT2D eigenvalue weighted by molar-refractivity contribution is -0.334. The second kappa shape index (κ2) is 10.2. The maximum absolute atomic E-state index is 12.2. The Morgan fingerprint density at radius 3 is 2.12 bits per heavy atom. The highest BCUT2D eigenvalue weighted by molar-refractivity contribution is 5.87. The Hall–Kier alpha value is -3.56. The minimum absolute atomic E-state index is 0.0154. The molecule has 2 amide bonds. The number of halogens is 3. The van der Waals surface area contributed by atoms with Crippen molar-refractivity contribution >= 4 is 23.9 Å². The molecule has 0 unspecified atom stereocenters. The molecule has 1 aliphatic carbocycles. The van der Waals surface area contributed by atoms with Crippen LogP contribution in [0, 0.1) is 5.92 Å². The zero-order chi connectivity index (χ0) is 23.1. The number of carbonyl (C=O) groups is 2. The van der Waals surface area contributed by atoms with Gasteiger partial charge >= 0.3 is 18.4 Å². The number of carboxylic acid groups (broad SMARTS) is 1.